The zero-order chi connectivity index (χ0) is 19.8. The fraction of sp³-hybridized carbons (Fsp3) is 0.250. The Labute approximate surface area is 187 Å². The molecule has 3 aromatic rings. The molecule has 0 aliphatic carbocycles. The summed E-state index contributed by atoms with van der Waals surface area (Å²) in [7, 11) is 5.02. The number of aromatic nitrogens is 3. The second-order valence-electron chi connectivity index (χ2n) is 5.95. The Morgan fingerprint density at radius 2 is 1.90 bits per heavy atom. The molecular weight excluding hydrogens is 483 g/mol. The van der Waals surface area contributed by atoms with E-state index in [9.17, 15) is 0 Å². The van der Waals surface area contributed by atoms with Crippen molar-refractivity contribution in [2.24, 2.45) is 4.99 Å². The summed E-state index contributed by atoms with van der Waals surface area (Å²) < 4.78 is 12.5. The van der Waals surface area contributed by atoms with Gasteiger partial charge in [-0.3, -0.25) is 9.56 Å². The van der Waals surface area contributed by atoms with Crippen LogP contribution in [0.3, 0.4) is 0 Å². The molecule has 0 atom stereocenters. The van der Waals surface area contributed by atoms with Crippen LogP contribution in [0.5, 0.6) is 11.5 Å². The molecule has 0 unspecified atom stereocenters. The highest BCUT2D eigenvalue weighted by atomic mass is 127. The third-order valence-electron chi connectivity index (χ3n) is 4.20. The van der Waals surface area contributed by atoms with E-state index in [2.05, 4.69) is 25.6 Å². The number of hydrogen-bond donors (Lipinski definition) is 2. The standard InChI is InChI=1S/C20H24N6O2.HI/c1-21-20(25-13-16-4-5-17(27-2)11-18(16)28-3)24-12-15-6-7-23-19(10-15)26-9-8-22-14-26;/h4-11,14H,12-13H2,1-3H3,(H2,21,24,25);1H. The van der Waals surface area contributed by atoms with Gasteiger partial charge in [-0.05, 0) is 29.8 Å². The van der Waals surface area contributed by atoms with Crippen molar-refractivity contribution in [3.63, 3.8) is 0 Å². The molecule has 29 heavy (non-hydrogen) atoms. The van der Waals surface area contributed by atoms with Crippen molar-refractivity contribution >= 4 is 29.9 Å². The number of aliphatic imine (C=N–C) groups is 1. The first-order valence-corrected chi connectivity index (χ1v) is 8.82. The topological polar surface area (TPSA) is 85.6 Å². The number of pyridine rings is 1. The molecule has 2 heterocycles. The Hall–Kier alpha value is -2.82. The van der Waals surface area contributed by atoms with Crippen molar-refractivity contribution in [1.82, 2.24) is 25.2 Å². The zero-order valence-electron chi connectivity index (χ0n) is 16.6. The number of benzene rings is 1. The first-order chi connectivity index (χ1) is 13.7. The molecule has 1 aromatic carbocycles. The van der Waals surface area contributed by atoms with Crippen LogP contribution in [0.15, 0.2) is 60.2 Å². The van der Waals surface area contributed by atoms with Crippen molar-refractivity contribution < 1.29 is 9.47 Å². The molecule has 0 bridgehead atoms. The molecule has 2 aromatic heterocycles. The van der Waals surface area contributed by atoms with Crippen molar-refractivity contribution in [2.75, 3.05) is 21.3 Å². The predicted octanol–water partition coefficient (Wildman–Crippen LogP) is 2.77. The molecule has 9 heteroatoms. The van der Waals surface area contributed by atoms with Crippen molar-refractivity contribution in [2.45, 2.75) is 13.1 Å². The van der Waals surface area contributed by atoms with Gasteiger partial charge in [0.2, 0.25) is 0 Å². The Bertz CT molecular complexity index is 930. The van der Waals surface area contributed by atoms with Gasteiger partial charge in [0, 0.05) is 50.4 Å². The molecule has 8 nitrogen and oxygen atoms in total. The number of hydrogen-bond acceptors (Lipinski definition) is 5. The molecule has 3 rings (SSSR count). The lowest BCUT2D eigenvalue weighted by Crippen LogP contribution is -2.36. The van der Waals surface area contributed by atoms with E-state index in [4.69, 9.17) is 9.47 Å². The van der Waals surface area contributed by atoms with Crippen molar-refractivity contribution in [3.05, 3.63) is 66.4 Å². The first kappa shape index (κ1) is 22.5. The number of nitrogens with one attached hydrogen (secondary N) is 2. The molecule has 0 aliphatic rings. The van der Waals surface area contributed by atoms with Crippen LogP contribution in [-0.2, 0) is 13.1 Å². The second kappa shape index (κ2) is 11.2. The second-order valence-corrected chi connectivity index (χ2v) is 5.95. The van der Waals surface area contributed by atoms with Crippen LogP contribution in [0, 0.1) is 0 Å². The van der Waals surface area contributed by atoms with Crippen LogP contribution in [0.25, 0.3) is 5.82 Å². The van der Waals surface area contributed by atoms with E-state index in [-0.39, 0.29) is 24.0 Å². The summed E-state index contributed by atoms with van der Waals surface area (Å²) in [5.41, 5.74) is 2.10. The van der Waals surface area contributed by atoms with E-state index in [0.717, 1.165) is 28.4 Å². The smallest absolute Gasteiger partial charge is 0.191 e. The van der Waals surface area contributed by atoms with E-state index in [1.807, 2.05) is 41.1 Å². The van der Waals surface area contributed by atoms with Gasteiger partial charge in [-0.2, -0.15) is 0 Å². The van der Waals surface area contributed by atoms with Gasteiger partial charge in [0.1, 0.15) is 23.6 Å². The first-order valence-electron chi connectivity index (χ1n) is 8.82. The Morgan fingerprint density at radius 1 is 1.07 bits per heavy atom. The molecule has 0 saturated carbocycles. The highest BCUT2D eigenvalue weighted by Crippen LogP contribution is 2.24. The van der Waals surface area contributed by atoms with Gasteiger partial charge < -0.3 is 20.1 Å². The molecule has 0 radical (unpaired) electrons. The summed E-state index contributed by atoms with van der Waals surface area (Å²) in [4.78, 5) is 12.7. The average molecular weight is 508 g/mol. The maximum atomic E-state index is 5.44. The lowest BCUT2D eigenvalue weighted by molar-refractivity contribution is 0.390. The Kier molecular flexibility index (Phi) is 8.71. The average Bonchev–Trinajstić information content (AvgIpc) is 3.29. The van der Waals surface area contributed by atoms with Crippen LogP contribution in [0.2, 0.25) is 0 Å². The largest absolute Gasteiger partial charge is 0.497 e. The number of halogens is 1. The number of methoxy groups -OCH3 is 2. The monoisotopic (exact) mass is 508 g/mol. The van der Waals surface area contributed by atoms with Crippen LogP contribution in [-0.4, -0.2) is 41.8 Å². The SMILES string of the molecule is CN=C(NCc1ccnc(-n2ccnc2)c1)NCc1ccc(OC)cc1OC.I. The van der Waals surface area contributed by atoms with Gasteiger partial charge in [-0.15, -0.1) is 24.0 Å². The highest BCUT2D eigenvalue weighted by Gasteiger charge is 2.07. The fourth-order valence-corrected chi connectivity index (χ4v) is 2.69. The third-order valence-corrected chi connectivity index (χ3v) is 4.20. The van der Waals surface area contributed by atoms with E-state index in [1.54, 1.807) is 40.0 Å². The van der Waals surface area contributed by atoms with E-state index in [0.29, 0.717) is 19.0 Å². The quantitative estimate of drug-likeness (QED) is 0.290. The summed E-state index contributed by atoms with van der Waals surface area (Å²) in [6.07, 6.45) is 7.10. The Morgan fingerprint density at radius 3 is 2.59 bits per heavy atom. The maximum absolute atomic E-state index is 5.44. The Balaban J connectivity index is 0.00000300. The fourth-order valence-electron chi connectivity index (χ4n) is 2.69. The predicted molar refractivity (Wildman–Crippen MR) is 123 cm³/mol. The van der Waals surface area contributed by atoms with Gasteiger partial charge >= 0.3 is 0 Å². The lowest BCUT2D eigenvalue weighted by Gasteiger charge is -2.15. The molecule has 0 spiro atoms. The zero-order valence-corrected chi connectivity index (χ0v) is 19.0. The van der Waals surface area contributed by atoms with E-state index < -0.39 is 0 Å². The van der Waals surface area contributed by atoms with Gasteiger partial charge in [0.05, 0.1) is 14.2 Å². The third kappa shape index (κ3) is 6.08. The minimum Gasteiger partial charge on any atom is -0.497 e. The van der Waals surface area contributed by atoms with Gasteiger partial charge in [0.15, 0.2) is 5.96 Å². The lowest BCUT2D eigenvalue weighted by atomic mass is 10.2. The van der Waals surface area contributed by atoms with Crippen molar-refractivity contribution in [3.8, 4) is 17.3 Å². The maximum Gasteiger partial charge on any atom is 0.191 e. The summed E-state index contributed by atoms with van der Waals surface area (Å²) in [5.74, 6) is 3.04. The summed E-state index contributed by atoms with van der Waals surface area (Å²) >= 11 is 0. The van der Waals surface area contributed by atoms with Crippen LogP contribution < -0.4 is 20.1 Å². The van der Waals surface area contributed by atoms with Gasteiger partial charge in [-0.25, -0.2) is 9.97 Å². The van der Waals surface area contributed by atoms with Crippen molar-refractivity contribution in [1.29, 1.82) is 0 Å². The molecular formula is C20H25IN6O2. The van der Waals surface area contributed by atoms with Crippen LogP contribution in [0.1, 0.15) is 11.1 Å². The number of imidazole rings is 1. The molecule has 0 aliphatic heterocycles. The number of rotatable bonds is 7. The van der Waals surface area contributed by atoms with Crippen LogP contribution >= 0.6 is 24.0 Å². The van der Waals surface area contributed by atoms with Gasteiger partial charge in [0.25, 0.3) is 0 Å². The van der Waals surface area contributed by atoms with Crippen LogP contribution in [0.4, 0.5) is 0 Å². The summed E-state index contributed by atoms with van der Waals surface area (Å²) in [5, 5.41) is 6.61. The molecule has 154 valence electrons. The molecule has 0 fully saturated rings. The van der Waals surface area contributed by atoms with E-state index >= 15 is 0 Å². The number of nitrogens with zero attached hydrogens (tertiary/aromatic N) is 4. The van der Waals surface area contributed by atoms with Gasteiger partial charge in [-0.1, -0.05) is 0 Å². The summed E-state index contributed by atoms with van der Waals surface area (Å²) in [6, 6.07) is 9.71. The minimum absolute atomic E-state index is 0. The highest BCUT2D eigenvalue weighted by molar-refractivity contribution is 14.0. The number of guanidine groups is 1. The molecule has 0 saturated heterocycles. The molecule has 0 amide bonds. The number of ether oxygens (including phenoxy) is 2. The molecule has 2 N–H and O–H groups in total. The normalized spacial score (nSPS) is 10.8. The summed E-state index contributed by atoms with van der Waals surface area (Å²) in [6.45, 7) is 1.19. The minimum atomic E-state index is 0. The van der Waals surface area contributed by atoms with E-state index in [1.165, 1.54) is 0 Å².